The SMILES string of the molecule is CCC[C@@](C)(C(=O)O)N1CCC(CN2CCC(Oc3ccc(Cl)c(Cl)c3C)CC2)CC1. The second kappa shape index (κ2) is 10.7. The molecule has 0 bridgehead atoms. The molecule has 0 aliphatic carbocycles. The first kappa shape index (κ1) is 24.6. The monoisotopic (exact) mass is 470 g/mol. The molecule has 1 aromatic carbocycles. The number of carboxylic acid groups (broad SMARTS) is 1. The highest BCUT2D eigenvalue weighted by atomic mass is 35.5. The number of carboxylic acids is 1. The van der Waals surface area contributed by atoms with Crippen molar-refractivity contribution < 1.29 is 14.6 Å². The Morgan fingerprint density at radius 1 is 1.16 bits per heavy atom. The zero-order valence-electron chi connectivity index (χ0n) is 19.0. The van der Waals surface area contributed by atoms with Crippen molar-refractivity contribution in [1.29, 1.82) is 0 Å². The Balaban J connectivity index is 1.44. The fraction of sp³-hybridized carbons (Fsp3) is 0.708. The van der Waals surface area contributed by atoms with Gasteiger partial charge in [0.05, 0.1) is 10.0 Å². The molecular weight excluding hydrogens is 435 g/mol. The number of hydrogen-bond donors (Lipinski definition) is 1. The molecule has 0 radical (unpaired) electrons. The van der Waals surface area contributed by atoms with E-state index in [9.17, 15) is 9.90 Å². The summed E-state index contributed by atoms with van der Waals surface area (Å²) in [6.45, 7) is 10.8. The van der Waals surface area contributed by atoms with E-state index >= 15 is 0 Å². The van der Waals surface area contributed by atoms with Crippen molar-refractivity contribution >= 4 is 29.2 Å². The van der Waals surface area contributed by atoms with E-state index in [0.29, 0.717) is 22.4 Å². The maximum Gasteiger partial charge on any atom is 0.323 e. The van der Waals surface area contributed by atoms with Crippen molar-refractivity contribution in [3.63, 3.8) is 0 Å². The van der Waals surface area contributed by atoms with Crippen molar-refractivity contribution in [3.05, 3.63) is 27.7 Å². The number of hydrogen-bond acceptors (Lipinski definition) is 4. The second-order valence-electron chi connectivity index (χ2n) is 9.36. The Morgan fingerprint density at radius 3 is 2.39 bits per heavy atom. The van der Waals surface area contributed by atoms with Gasteiger partial charge >= 0.3 is 5.97 Å². The molecule has 174 valence electrons. The molecule has 0 saturated carbocycles. The van der Waals surface area contributed by atoms with Gasteiger partial charge in [-0.25, -0.2) is 0 Å². The van der Waals surface area contributed by atoms with Gasteiger partial charge < -0.3 is 14.7 Å². The third kappa shape index (κ3) is 5.87. The summed E-state index contributed by atoms with van der Waals surface area (Å²) in [4.78, 5) is 16.6. The van der Waals surface area contributed by atoms with Crippen LogP contribution < -0.4 is 4.74 Å². The summed E-state index contributed by atoms with van der Waals surface area (Å²) in [7, 11) is 0. The lowest BCUT2D eigenvalue weighted by molar-refractivity contribution is -0.152. The number of likely N-dealkylation sites (tertiary alicyclic amines) is 2. The van der Waals surface area contributed by atoms with Gasteiger partial charge in [0.15, 0.2) is 0 Å². The van der Waals surface area contributed by atoms with E-state index in [1.54, 1.807) is 6.07 Å². The highest BCUT2D eigenvalue weighted by Crippen LogP contribution is 2.34. The Morgan fingerprint density at radius 2 is 1.81 bits per heavy atom. The van der Waals surface area contributed by atoms with Gasteiger partial charge in [0.2, 0.25) is 0 Å². The van der Waals surface area contributed by atoms with E-state index in [2.05, 4.69) is 16.7 Å². The third-order valence-electron chi connectivity index (χ3n) is 7.14. The molecule has 1 atom stereocenters. The van der Waals surface area contributed by atoms with Crippen LogP contribution in [0.15, 0.2) is 12.1 Å². The van der Waals surface area contributed by atoms with Crippen LogP contribution in [0.2, 0.25) is 10.0 Å². The number of rotatable bonds is 8. The van der Waals surface area contributed by atoms with Gasteiger partial charge in [-0.1, -0.05) is 36.5 Å². The predicted octanol–water partition coefficient (Wildman–Crippen LogP) is 5.50. The number of ether oxygens (including phenoxy) is 1. The van der Waals surface area contributed by atoms with Gasteiger partial charge in [-0.15, -0.1) is 0 Å². The summed E-state index contributed by atoms with van der Waals surface area (Å²) in [5.41, 5.74) is 0.178. The van der Waals surface area contributed by atoms with E-state index in [4.69, 9.17) is 27.9 Å². The molecule has 1 aromatic rings. The van der Waals surface area contributed by atoms with Crippen molar-refractivity contribution in [2.24, 2.45) is 5.92 Å². The molecule has 2 saturated heterocycles. The topological polar surface area (TPSA) is 53.0 Å². The number of carbonyl (C=O) groups is 1. The number of benzene rings is 1. The largest absolute Gasteiger partial charge is 0.490 e. The highest BCUT2D eigenvalue weighted by Gasteiger charge is 2.40. The summed E-state index contributed by atoms with van der Waals surface area (Å²) in [5.74, 6) is 0.784. The maximum absolute atomic E-state index is 11.9. The van der Waals surface area contributed by atoms with Gasteiger partial charge in [-0.3, -0.25) is 9.69 Å². The lowest BCUT2D eigenvalue weighted by Gasteiger charge is -2.43. The highest BCUT2D eigenvalue weighted by molar-refractivity contribution is 6.42. The van der Waals surface area contributed by atoms with Crippen molar-refractivity contribution in [2.45, 2.75) is 70.9 Å². The molecule has 1 N–H and O–H groups in total. The standard InChI is InChI=1S/C24H36Cl2N2O3/c1-4-11-24(3,23(29)30)28-14-7-18(8-15-28)16-27-12-9-19(10-13-27)31-21-6-5-20(25)22(26)17(21)2/h5-6,18-19H,4,7-16H2,1-3H3,(H,29,30)/t24-/m0/s1. The van der Waals surface area contributed by atoms with Crippen LogP contribution in [0, 0.1) is 12.8 Å². The molecule has 7 heteroatoms. The number of aliphatic carboxylic acids is 1. The van der Waals surface area contributed by atoms with Crippen LogP contribution in [0.3, 0.4) is 0 Å². The molecule has 2 aliphatic heterocycles. The predicted molar refractivity (Wildman–Crippen MR) is 127 cm³/mol. The third-order valence-corrected chi connectivity index (χ3v) is 8.04. The smallest absolute Gasteiger partial charge is 0.323 e. The molecule has 2 fully saturated rings. The Bertz CT molecular complexity index is 759. The van der Waals surface area contributed by atoms with Gasteiger partial charge in [0.1, 0.15) is 17.4 Å². The van der Waals surface area contributed by atoms with E-state index in [0.717, 1.165) is 76.1 Å². The van der Waals surface area contributed by atoms with Gasteiger partial charge in [-0.05, 0) is 77.1 Å². The number of piperidine rings is 2. The van der Waals surface area contributed by atoms with Crippen LogP contribution in [0.25, 0.3) is 0 Å². The zero-order chi connectivity index (χ0) is 22.6. The molecule has 31 heavy (non-hydrogen) atoms. The zero-order valence-corrected chi connectivity index (χ0v) is 20.5. The van der Waals surface area contributed by atoms with Crippen molar-refractivity contribution in [3.8, 4) is 5.75 Å². The summed E-state index contributed by atoms with van der Waals surface area (Å²) in [6, 6.07) is 3.71. The first-order valence-electron chi connectivity index (χ1n) is 11.6. The number of halogens is 2. The van der Waals surface area contributed by atoms with Crippen LogP contribution >= 0.6 is 23.2 Å². The Labute approximate surface area is 196 Å². The minimum Gasteiger partial charge on any atom is -0.490 e. The fourth-order valence-electron chi connectivity index (χ4n) is 5.01. The lowest BCUT2D eigenvalue weighted by Crippen LogP contribution is -2.55. The van der Waals surface area contributed by atoms with Gasteiger partial charge in [-0.2, -0.15) is 0 Å². The lowest BCUT2D eigenvalue weighted by atomic mass is 9.88. The van der Waals surface area contributed by atoms with Crippen molar-refractivity contribution in [2.75, 3.05) is 32.7 Å². The molecule has 0 spiro atoms. The molecule has 5 nitrogen and oxygen atoms in total. The first-order valence-corrected chi connectivity index (χ1v) is 12.3. The molecule has 0 amide bonds. The minimum absolute atomic E-state index is 0.208. The van der Waals surface area contributed by atoms with Crippen molar-refractivity contribution in [1.82, 2.24) is 9.80 Å². The van der Waals surface area contributed by atoms with Crippen LogP contribution in [-0.4, -0.2) is 65.2 Å². The molecular formula is C24H36Cl2N2O3. The van der Waals surface area contributed by atoms with Crippen LogP contribution in [0.1, 0.15) is 57.9 Å². The molecule has 0 aromatic heterocycles. The van der Waals surface area contributed by atoms with Gasteiger partial charge in [0, 0.05) is 25.2 Å². The number of nitrogens with zero attached hydrogens (tertiary/aromatic N) is 2. The average molecular weight is 471 g/mol. The maximum atomic E-state index is 11.9. The first-order chi connectivity index (χ1) is 14.7. The summed E-state index contributed by atoms with van der Waals surface area (Å²) >= 11 is 12.3. The molecule has 0 unspecified atom stereocenters. The summed E-state index contributed by atoms with van der Waals surface area (Å²) < 4.78 is 6.23. The summed E-state index contributed by atoms with van der Waals surface area (Å²) in [6.07, 6.45) is 5.97. The Kier molecular flexibility index (Phi) is 8.53. The normalized spacial score (nSPS) is 21.7. The molecule has 3 rings (SSSR count). The van der Waals surface area contributed by atoms with Crippen LogP contribution in [0.5, 0.6) is 5.75 Å². The average Bonchev–Trinajstić information content (AvgIpc) is 2.76. The van der Waals surface area contributed by atoms with Crippen LogP contribution in [-0.2, 0) is 4.79 Å². The molecule has 2 heterocycles. The van der Waals surface area contributed by atoms with Crippen LogP contribution in [0.4, 0.5) is 0 Å². The molecule has 2 aliphatic rings. The van der Waals surface area contributed by atoms with Gasteiger partial charge in [0.25, 0.3) is 0 Å². The quantitative estimate of drug-likeness (QED) is 0.543. The second-order valence-corrected chi connectivity index (χ2v) is 10.1. The van der Waals surface area contributed by atoms with E-state index in [1.165, 1.54) is 0 Å². The van der Waals surface area contributed by atoms with E-state index in [-0.39, 0.29) is 6.10 Å². The van der Waals surface area contributed by atoms with E-state index < -0.39 is 11.5 Å². The minimum atomic E-state index is -0.724. The van der Waals surface area contributed by atoms with E-state index in [1.807, 2.05) is 19.9 Å². The fourth-order valence-corrected chi connectivity index (χ4v) is 5.37. The Hall–Kier alpha value is -1.01. The summed E-state index contributed by atoms with van der Waals surface area (Å²) in [5, 5.41) is 10.9.